The van der Waals surface area contributed by atoms with E-state index in [0.717, 1.165) is 22.2 Å². The molecule has 1 heterocycles. The van der Waals surface area contributed by atoms with E-state index in [4.69, 9.17) is 10.8 Å². The van der Waals surface area contributed by atoms with Crippen LogP contribution in [0.5, 0.6) is 0 Å². The van der Waals surface area contributed by atoms with Gasteiger partial charge in [0.1, 0.15) is 16.7 Å². The topological polar surface area (TPSA) is 72.0 Å². The molecular formula is C13H23N3OS. The van der Waals surface area contributed by atoms with Gasteiger partial charge in [0.2, 0.25) is 0 Å². The summed E-state index contributed by atoms with van der Waals surface area (Å²) in [7, 11) is 0. The highest BCUT2D eigenvalue weighted by Crippen LogP contribution is 2.28. The highest BCUT2D eigenvalue weighted by molar-refractivity contribution is 7.99. The van der Waals surface area contributed by atoms with Gasteiger partial charge in [-0.2, -0.15) is 0 Å². The maximum atomic E-state index is 9.05. The summed E-state index contributed by atoms with van der Waals surface area (Å²) in [5.74, 6) is 2.40. The van der Waals surface area contributed by atoms with E-state index in [2.05, 4.69) is 30.7 Å². The third kappa shape index (κ3) is 3.85. The average molecular weight is 269 g/mol. The number of nitrogens with zero attached hydrogens (tertiary/aromatic N) is 2. The first-order valence-corrected chi connectivity index (χ1v) is 7.12. The standard InChI is InChI=1S/C13H23N3OS/c1-8(6-17)7-18-11-9(2)10(14)15-12(16-11)13(3,4)5/h8,17H,6-7H2,1-5H3,(H2,14,15,16). The molecule has 3 N–H and O–H groups in total. The maximum Gasteiger partial charge on any atom is 0.137 e. The number of hydrogen-bond acceptors (Lipinski definition) is 5. The molecule has 18 heavy (non-hydrogen) atoms. The van der Waals surface area contributed by atoms with E-state index in [1.54, 1.807) is 11.8 Å². The summed E-state index contributed by atoms with van der Waals surface area (Å²) in [5.41, 5.74) is 6.76. The van der Waals surface area contributed by atoms with Gasteiger partial charge in [-0.05, 0) is 12.8 Å². The highest BCUT2D eigenvalue weighted by atomic mass is 32.2. The first-order valence-electron chi connectivity index (χ1n) is 6.14. The molecule has 1 unspecified atom stereocenters. The molecule has 0 bridgehead atoms. The lowest BCUT2D eigenvalue weighted by molar-refractivity contribution is 0.250. The molecule has 0 amide bonds. The second kappa shape index (κ2) is 5.89. The van der Waals surface area contributed by atoms with E-state index in [-0.39, 0.29) is 17.9 Å². The van der Waals surface area contributed by atoms with Gasteiger partial charge in [0.15, 0.2) is 0 Å². The average Bonchev–Trinajstić information content (AvgIpc) is 2.28. The van der Waals surface area contributed by atoms with Crippen LogP contribution in [0.2, 0.25) is 0 Å². The van der Waals surface area contributed by atoms with E-state index >= 15 is 0 Å². The predicted molar refractivity (Wildman–Crippen MR) is 76.9 cm³/mol. The van der Waals surface area contributed by atoms with Crippen LogP contribution in [0, 0.1) is 12.8 Å². The lowest BCUT2D eigenvalue weighted by Crippen LogP contribution is -2.18. The van der Waals surface area contributed by atoms with Crippen LogP contribution in [-0.2, 0) is 5.41 Å². The molecule has 0 aliphatic heterocycles. The molecule has 1 aromatic heterocycles. The second-order valence-electron chi connectivity index (χ2n) is 5.71. The van der Waals surface area contributed by atoms with Crippen LogP contribution >= 0.6 is 11.8 Å². The molecule has 1 rings (SSSR count). The van der Waals surface area contributed by atoms with Crippen LogP contribution in [0.3, 0.4) is 0 Å². The van der Waals surface area contributed by atoms with Gasteiger partial charge in [0, 0.05) is 23.3 Å². The van der Waals surface area contributed by atoms with Gasteiger partial charge in [0.05, 0.1) is 0 Å². The van der Waals surface area contributed by atoms with Crippen molar-refractivity contribution in [2.24, 2.45) is 5.92 Å². The zero-order chi connectivity index (χ0) is 13.9. The minimum atomic E-state index is -0.111. The molecule has 0 saturated carbocycles. The fourth-order valence-corrected chi connectivity index (χ4v) is 2.28. The third-order valence-electron chi connectivity index (χ3n) is 2.63. The lowest BCUT2D eigenvalue weighted by atomic mass is 9.95. The molecule has 5 heteroatoms. The molecule has 0 aliphatic carbocycles. The van der Waals surface area contributed by atoms with Crippen molar-refractivity contribution in [3.05, 3.63) is 11.4 Å². The van der Waals surface area contributed by atoms with Gasteiger partial charge in [-0.25, -0.2) is 9.97 Å². The van der Waals surface area contributed by atoms with E-state index < -0.39 is 0 Å². The van der Waals surface area contributed by atoms with Gasteiger partial charge in [0.25, 0.3) is 0 Å². The summed E-state index contributed by atoms with van der Waals surface area (Å²) in [6.45, 7) is 10.4. The maximum absolute atomic E-state index is 9.05. The van der Waals surface area contributed by atoms with Crippen LogP contribution in [0.25, 0.3) is 0 Å². The summed E-state index contributed by atoms with van der Waals surface area (Å²) in [5, 5.41) is 9.97. The Hall–Kier alpha value is -0.810. The molecule has 0 spiro atoms. The van der Waals surface area contributed by atoms with Crippen LogP contribution < -0.4 is 5.73 Å². The monoisotopic (exact) mass is 269 g/mol. The number of thioether (sulfide) groups is 1. The Morgan fingerprint density at radius 1 is 1.33 bits per heavy atom. The number of nitrogen functional groups attached to an aromatic ring is 1. The van der Waals surface area contributed by atoms with Crippen molar-refractivity contribution in [1.29, 1.82) is 0 Å². The van der Waals surface area contributed by atoms with Gasteiger partial charge in [-0.3, -0.25) is 0 Å². The van der Waals surface area contributed by atoms with Crippen LogP contribution in [0.1, 0.15) is 39.1 Å². The SMILES string of the molecule is Cc1c(N)nc(C(C)(C)C)nc1SCC(C)CO. The number of nitrogens with two attached hydrogens (primary N) is 1. The number of rotatable bonds is 4. The summed E-state index contributed by atoms with van der Waals surface area (Å²) in [6.07, 6.45) is 0. The largest absolute Gasteiger partial charge is 0.396 e. The van der Waals surface area contributed by atoms with Crippen molar-refractivity contribution >= 4 is 17.6 Å². The fraction of sp³-hybridized carbons (Fsp3) is 0.692. The highest BCUT2D eigenvalue weighted by Gasteiger charge is 2.20. The number of anilines is 1. The third-order valence-corrected chi connectivity index (χ3v) is 4.03. The van der Waals surface area contributed by atoms with Crippen LogP contribution in [0.15, 0.2) is 5.03 Å². The van der Waals surface area contributed by atoms with E-state index in [9.17, 15) is 0 Å². The fourth-order valence-electron chi connectivity index (χ4n) is 1.26. The molecule has 0 saturated heterocycles. The van der Waals surface area contributed by atoms with Crippen molar-refractivity contribution in [3.8, 4) is 0 Å². The van der Waals surface area contributed by atoms with Crippen molar-refractivity contribution in [2.75, 3.05) is 18.1 Å². The zero-order valence-corrected chi connectivity index (χ0v) is 12.6. The number of aromatic nitrogens is 2. The summed E-state index contributed by atoms with van der Waals surface area (Å²) in [6, 6.07) is 0. The minimum Gasteiger partial charge on any atom is -0.396 e. The first-order chi connectivity index (χ1) is 8.25. The molecule has 4 nitrogen and oxygen atoms in total. The second-order valence-corrected chi connectivity index (χ2v) is 6.72. The van der Waals surface area contributed by atoms with E-state index in [0.29, 0.717) is 5.82 Å². The predicted octanol–water partition coefficient (Wildman–Crippen LogP) is 2.39. The molecule has 1 atom stereocenters. The van der Waals surface area contributed by atoms with Crippen molar-refractivity contribution in [1.82, 2.24) is 9.97 Å². The number of hydrogen-bond donors (Lipinski definition) is 2. The minimum absolute atomic E-state index is 0.111. The van der Waals surface area contributed by atoms with Crippen molar-refractivity contribution in [3.63, 3.8) is 0 Å². The summed E-state index contributed by atoms with van der Waals surface area (Å²) >= 11 is 1.63. The Balaban J connectivity index is 3.00. The van der Waals surface area contributed by atoms with E-state index in [1.807, 2.05) is 13.8 Å². The van der Waals surface area contributed by atoms with Gasteiger partial charge >= 0.3 is 0 Å². The van der Waals surface area contributed by atoms with E-state index in [1.165, 1.54) is 0 Å². The molecule has 0 radical (unpaired) electrons. The Morgan fingerprint density at radius 2 is 1.94 bits per heavy atom. The smallest absolute Gasteiger partial charge is 0.137 e. The molecule has 0 aromatic carbocycles. The molecule has 0 aliphatic rings. The molecule has 102 valence electrons. The van der Waals surface area contributed by atoms with Crippen molar-refractivity contribution in [2.45, 2.75) is 45.1 Å². The number of aliphatic hydroxyl groups excluding tert-OH is 1. The van der Waals surface area contributed by atoms with Gasteiger partial charge in [-0.1, -0.05) is 27.7 Å². The first kappa shape index (κ1) is 15.2. The quantitative estimate of drug-likeness (QED) is 0.648. The summed E-state index contributed by atoms with van der Waals surface area (Å²) in [4.78, 5) is 8.96. The Labute approximate surface area is 113 Å². The Morgan fingerprint density at radius 3 is 2.44 bits per heavy atom. The summed E-state index contributed by atoms with van der Waals surface area (Å²) < 4.78 is 0. The normalized spacial score (nSPS) is 13.7. The van der Waals surface area contributed by atoms with Gasteiger partial charge in [-0.15, -0.1) is 11.8 Å². The van der Waals surface area contributed by atoms with Crippen molar-refractivity contribution < 1.29 is 5.11 Å². The lowest BCUT2D eigenvalue weighted by Gasteiger charge is -2.19. The Kier molecular flexibility index (Phi) is 4.99. The zero-order valence-electron chi connectivity index (χ0n) is 11.8. The van der Waals surface area contributed by atoms with Crippen LogP contribution in [-0.4, -0.2) is 27.4 Å². The van der Waals surface area contributed by atoms with Crippen LogP contribution in [0.4, 0.5) is 5.82 Å². The van der Waals surface area contributed by atoms with Gasteiger partial charge < -0.3 is 10.8 Å². The molecular weight excluding hydrogens is 246 g/mol. The molecule has 0 fully saturated rings. The Bertz CT molecular complexity index is 415. The number of aliphatic hydroxyl groups is 1. The molecule has 1 aromatic rings.